The normalized spacial score (nSPS) is 11.6. The third-order valence-corrected chi connectivity index (χ3v) is 6.55. The van der Waals surface area contributed by atoms with E-state index < -0.39 is 5.97 Å². The summed E-state index contributed by atoms with van der Waals surface area (Å²) in [5.41, 5.74) is 5.24. The van der Waals surface area contributed by atoms with Crippen LogP contribution in [0.25, 0.3) is 21.2 Å². The molecule has 0 aliphatic carbocycles. The van der Waals surface area contributed by atoms with E-state index in [9.17, 15) is 4.79 Å². The van der Waals surface area contributed by atoms with Gasteiger partial charge in [-0.15, -0.1) is 17.3 Å². The molecule has 4 rings (SSSR count). The summed E-state index contributed by atoms with van der Waals surface area (Å²) in [5.74, 6) is 5.31. The summed E-state index contributed by atoms with van der Waals surface area (Å²) in [5, 5.41) is 12.9. The standard InChI is InChI=1S/C27H22ClNO3S/c1-3-4-20(12-27(30)31)19-6-8-21(9-7-19)32-15-18-5-10-25-23(11-18)24(16-33-25)22-13-26(28)29-14-17(22)2/h5-11,13-14,16,20H,12,15H2,1-2H3,(H,30,31). The average molecular weight is 476 g/mol. The number of aliphatic carboxylic acids is 1. The topological polar surface area (TPSA) is 59.4 Å². The minimum Gasteiger partial charge on any atom is -0.489 e. The number of hydrogen-bond acceptors (Lipinski definition) is 4. The molecule has 2 heterocycles. The molecule has 0 spiro atoms. The van der Waals surface area contributed by atoms with Gasteiger partial charge in [-0.25, -0.2) is 4.98 Å². The largest absolute Gasteiger partial charge is 0.489 e. The Bertz CT molecular complexity index is 1370. The van der Waals surface area contributed by atoms with Gasteiger partial charge in [-0.3, -0.25) is 4.79 Å². The highest BCUT2D eigenvalue weighted by molar-refractivity contribution is 7.17. The number of pyridine rings is 1. The van der Waals surface area contributed by atoms with Gasteiger partial charge < -0.3 is 9.84 Å². The van der Waals surface area contributed by atoms with Crippen molar-refractivity contribution in [3.8, 4) is 28.7 Å². The number of carboxylic acid groups (broad SMARTS) is 1. The van der Waals surface area contributed by atoms with Gasteiger partial charge >= 0.3 is 5.97 Å². The molecule has 33 heavy (non-hydrogen) atoms. The van der Waals surface area contributed by atoms with Gasteiger partial charge in [-0.1, -0.05) is 35.7 Å². The Morgan fingerprint density at radius 2 is 1.97 bits per heavy atom. The number of aryl methyl sites for hydroxylation is 1. The number of benzene rings is 2. The van der Waals surface area contributed by atoms with Crippen LogP contribution in [0.1, 0.15) is 36.0 Å². The number of ether oxygens (including phenoxy) is 1. The van der Waals surface area contributed by atoms with E-state index >= 15 is 0 Å². The Morgan fingerprint density at radius 3 is 2.70 bits per heavy atom. The van der Waals surface area contributed by atoms with Crippen molar-refractivity contribution in [3.63, 3.8) is 0 Å². The van der Waals surface area contributed by atoms with Crippen LogP contribution in [-0.4, -0.2) is 16.1 Å². The molecule has 4 nitrogen and oxygen atoms in total. The van der Waals surface area contributed by atoms with E-state index in [0.29, 0.717) is 11.8 Å². The minimum absolute atomic E-state index is 0.0216. The van der Waals surface area contributed by atoms with Gasteiger partial charge in [0.05, 0.1) is 12.3 Å². The van der Waals surface area contributed by atoms with E-state index in [1.54, 1.807) is 24.5 Å². The van der Waals surface area contributed by atoms with Crippen molar-refractivity contribution in [1.82, 2.24) is 4.98 Å². The molecule has 0 radical (unpaired) electrons. The molecule has 0 aliphatic rings. The van der Waals surface area contributed by atoms with Gasteiger partial charge in [0.2, 0.25) is 0 Å². The molecule has 4 aromatic rings. The molecule has 2 aromatic carbocycles. The van der Waals surface area contributed by atoms with Crippen LogP contribution in [0.4, 0.5) is 0 Å². The third-order valence-electron chi connectivity index (χ3n) is 5.38. The zero-order valence-corrected chi connectivity index (χ0v) is 19.8. The summed E-state index contributed by atoms with van der Waals surface area (Å²) in [6, 6.07) is 15.7. The van der Waals surface area contributed by atoms with Crippen LogP contribution in [0.15, 0.2) is 60.1 Å². The van der Waals surface area contributed by atoms with Gasteiger partial charge in [0, 0.05) is 21.8 Å². The highest BCUT2D eigenvalue weighted by atomic mass is 35.5. The number of halogens is 1. The molecule has 166 valence electrons. The summed E-state index contributed by atoms with van der Waals surface area (Å²) in [7, 11) is 0. The maximum atomic E-state index is 11.1. The molecule has 0 aliphatic heterocycles. The number of nitrogens with zero attached hydrogens (tertiary/aromatic N) is 1. The second-order valence-electron chi connectivity index (χ2n) is 7.70. The van der Waals surface area contributed by atoms with E-state index in [2.05, 4.69) is 40.4 Å². The molecule has 0 fully saturated rings. The number of aromatic nitrogens is 1. The zero-order chi connectivity index (χ0) is 23.4. The fourth-order valence-electron chi connectivity index (χ4n) is 3.73. The van der Waals surface area contributed by atoms with E-state index in [0.717, 1.165) is 39.0 Å². The highest BCUT2D eigenvalue weighted by Gasteiger charge is 2.14. The molecule has 1 unspecified atom stereocenters. The summed E-state index contributed by atoms with van der Waals surface area (Å²) >= 11 is 7.84. The van der Waals surface area contributed by atoms with Crippen LogP contribution in [0.2, 0.25) is 5.15 Å². The molecule has 6 heteroatoms. The van der Waals surface area contributed by atoms with E-state index in [4.69, 9.17) is 21.4 Å². The number of carboxylic acids is 1. The second kappa shape index (κ2) is 10.1. The predicted molar refractivity (Wildman–Crippen MR) is 134 cm³/mol. The molecular weight excluding hydrogens is 454 g/mol. The lowest BCUT2D eigenvalue weighted by Gasteiger charge is -2.11. The Morgan fingerprint density at radius 1 is 1.18 bits per heavy atom. The van der Waals surface area contributed by atoms with Gasteiger partial charge in [-0.05, 0) is 71.8 Å². The zero-order valence-electron chi connectivity index (χ0n) is 18.3. The van der Waals surface area contributed by atoms with E-state index in [1.165, 1.54) is 4.70 Å². The smallest absolute Gasteiger partial charge is 0.304 e. The van der Waals surface area contributed by atoms with Crippen molar-refractivity contribution >= 4 is 39.0 Å². The van der Waals surface area contributed by atoms with Crippen LogP contribution in [0, 0.1) is 18.8 Å². The highest BCUT2D eigenvalue weighted by Crippen LogP contribution is 2.37. The Kier molecular flexibility index (Phi) is 6.98. The number of hydrogen-bond donors (Lipinski definition) is 1. The first-order chi connectivity index (χ1) is 15.9. The van der Waals surface area contributed by atoms with Crippen LogP contribution in [0.5, 0.6) is 5.75 Å². The van der Waals surface area contributed by atoms with E-state index in [-0.39, 0.29) is 12.3 Å². The van der Waals surface area contributed by atoms with Crippen molar-refractivity contribution < 1.29 is 14.6 Å². The summed E-state index contributed by atoms with van der Waals surface area (Å²) in [6.07, 6.45) is 1.77. The molecule has 0 saturated carbocycles. The quantitative estimate of drug-likeness (QED) is 0.229. The molecule has 1 N–H and O–H groups in total. The fourth-order valence-corrected chi connectivity index (χ4v) is 4.83. The van der Waals surface area contributed by atoms with Crippen molar-refractivity contribution in [2.75, 3.05) is 0 Å². The lowest BCUT2D eigenvalue weighted by Crippen LogP contribution is -2.04. The first kappa shape index (κ1) is 22.8. The maximum Gasteiger partial charge on any atom is 0.304 e. The average Bonchev–Trinajstić information content (AvgIpc) is 3.22. The maximum absolute atomic E-state index is 11.1. The predicted octanol–water partition coefficient (Wildman–Crippen LogP) is 7.09. The van der Waals surface area contributed by atoms with Crippen LogP contribution >= 0.6 is 22.9 Å². The molecular formula is C27H22ClNO3S. The monoisotopic (exact) mass is 475 g/mol. The third kappa shape index (κ3) is 5.36. The molecule has 0 saturated heterocycles. The fraction of sp³-hybridized carbons (Fsp3) is 0.185. The number of fused-ring (bicyclic) bond motifs is 1. The molecule has 0 amide bonds. The SMILES string of the molecule is CC#CC(CC(=O)O)c1ccc(OCc2ccc3scc(-c4cc(Cl)ncc4C)c3c2)cc1. The van der Waals surface area contributed by atoms with Crippen LogP contribution in [-0.2, 0) is 11.4 Å². The molecule has 1 atom stereocenters. The van der Waals surface area contributed by atoms with Crippen molar-refractivity contribution in [2.24, 2.45) is 0 Å². The molecule has 2 aromatic heterocycles. The summed E-state index contributed by atoms with van der Waals surface area (Å²) in [6.45, 7) is 4.17. The summed E-state index contributed by atoms with van der Waals surface area (Å²) < 4.78 is 7.20. The first-order valence-corrected chi connectivity index (χ1v) is 11.7. The Labute approximate surface area is 201 Å². The first-order valence-electron chi connectivity index (χ1n) is 10.4. The van der Waals surface area contributed by atoms with Gasteiger partial charge in [0.15, 0.2) is 0 Å². The van der Waals surface area contributed by atoms with Gasteiger partial charge in [-0.2, -0.15) is 0 Å². The second-order valence-corrected chi connectivity index (χ2v) is 9.00. The van der Waals surface area contributed by atoms with Crippen molar-refractivity contribution in [3.05, 3.63) is 82.0 Å². The van der Waals surface area contributed by atoms with Gasteiger partial charge in [0.25, 0.3) is 0 Å². The number of thiophene rings is 1. The number of carbonyl (C=O) groups is 1. The van der Waals surface area contributed by atoms with Crippen LogP contribution < -0.4 is 4.74 Å². The Balaban J connectivity index is 1.52. The van der Waals surface area contributed by atoms with Crippen molar-refractivity contribution in [2.45, 2.75) is 32.8 Å². The van der Waals surface area contributed by atoms with Crippen molar-refractivity contribution in [1.29, 1.82) is 0 Å². The van der Waals surface area contributed by atoms with Gasteiger partial charge in [0.1, 0.15) is 17.5 Å². The summed E-state index contributed by atoms with van der Waals surface area (Å²) in [4.78, 5) is 15.3. The minimum atomic E-state index is -0.865. The van der Waals surface area contributed by atoms with Crippen LogP contribution in [0.3, 0.4) is 0 Å². The Hall–Kier alpha value is -3.33. The molecule has 0 bridgehead atoms. The number of rotatable bonds is 7. The lowest BCUT2D eigenvalue weighted by atomic mass is 9.96. The lowest BCUT2D eigenvalue weighted by molar-refractivity contribution is -0.137. The van der Waals surface area contributed by atoms with E-state index in [1.807, 2.05) is 37.3 Å².